The summed E-state index contributed by atoms with van der Waals surface area (Å²) in [6.07, 6.45) is 2.21. The number of hydrogen-bond donors (Lipinski definition) is 1. The highest BCUT2D eigenvalue weighted by Crippen LogP contribution is 2.23. The Bertz CT molecular complexity index is 404. The predicted molar refractivity (Wildman–Crippen MR) is 93.7 cm³/mol. The molecule has 0 aromatic carbocycles. The molecule has 1 unspecified atom stereocenters. The average Bonchev–Trinajstić information content (AvgIpc) is 2.68. The molecule has 1 rings (SSSR count). The molecule has 0 aliphatic rings. The standard InChI is InChI=1S/C15H28BrN3S/c1-6-8-17-13(10-20-11(3)4)9-14-15(16)12(5)18-19(14)7-2/h11,13,17H,6-10H2,1-5H3. The highest BCUT2D eigenvalue weighted by atomic mass is 79.9. The van der Waals surface area contributed by atoms with E-state index < -0.39 is 0 Å². The molecule has 116 valence electrons. The first kappa shape index (κ1) is 18.1. The Balaban J connectivity index is 2.77. The van der Waals surface area contributed by atoms with Gasteiger partial charge >= 0.3 is 0 Å². The summed E-state index contributed by atoms with van der Waals surface area (Å²) < 4.78 is 3.30. The number of rotatable bonds is 9. The van der Waals surface area contributed by atoms with Crippen LogP contribution in [0, 0.1) is 6.92 Å². The molecule has 1 atom stereocenters. The summed E-state index contributed by atoms with van der Waals surface area (Å²) in [5.74, 6) is 1.15. The maximum Gasteiger partial charge on any atom is 0.0738 e. The molecule has 0 spiro atoms. The van der Waals surface area contributed by atoms with Crippen molar-refractivity contribution in [2.24, 2.45) is 0 Å². The number of nitrogens with zero attached hydrogens (tertiary/aromatic N) is 2. The number of halogens is 1. The maximum absolute atomic E-state index is 4.59. The Kier molecular flexibility index (Phi) is 8.22. The van der Waals surface area contributed by atoms with E-state index in [1.807, 2.05) is 11.8 Å². The van der Waals surface area contributed by atoms with Gasteiger partial charge in [-0.05, 0) is 48.0 Å². The van der Waals surface area contributed by atoms with Gasteiger partial charge in [-0.2, -0.15) is 16.9 Å². The van der Waals surface area contributed by atoms with E-state index in [1.165, 1.54) is 16.6 Å². The Hall–Kier alpha value is 0. The first-order chi connectivity index (χ1) is 9.49. The smallest absolute Gasteiger partial charge is 0.0738 e. The van der Waals surface area contributed by atoms with Crippen LogP contribution in [-0.4, -0.2) is 33.4 Å². The van der Waals surface area contributed by atoms with Gasteiger partial charge in [0.2, 0.25) is 0 Å². The second kappa shape index (κ2) is 9.11. The zero-order valence-electron chi connectivity index (χ0n) is 13.4. The zero-order chi connectivity index (χ0) is 15.1. The predicted octanol–water partition coefficient (Wildman–Crippen LogP) is 4.03. The van der Waals surface area contributed by atoms with Crippen LogP contribution in [0.3, 0.4) is 0 Å². The molecule has 0 fully saturated rings. The van der Waals surface area contributed by atoms with E-state index in [1.54, 1.807) is 0 Å². The molecule has 20 heavy (non-hydrogen) atoms. The Labute approximate surface area is 136 Å². The van der Waals surface area contributed by atoms with Crippen LogP contribution in [0.5, 0.6) is 0 Å². The molecule has 0 amide bonds. The van der Waals surface area contributed by atoms with Crippen LogP contribution in [-0.2, 0) is 13.0 Å². The lowest BCUT2D eigenvalue weighted by molar-refractivity contribution is 0.519. The SMILES string of the molecule is CCCNC(CSC(C)C)Cc1c(Br)c(C)nn1CC. The Morgan fingerprint density at radius 1 is 1.35 bits per heavy atom. The number of thioether (sulfide) groups is 1. The third-order valence-corrected chi connectivity index (χ3v) is 5.50. The lowest BCUT2D eigenvalue weighted by atomic mass is 10.1. The second-order valence-corrected chi connectivity index (χ2v) is 7.80. The second-order valence-electron chi connectivity index (χ2n) is 5.40. The quantitative estimate of drug-likeness (QED) is 0.719. The van der Waals surface area contributed by atoms with Gasteiger partial charge in [0.05, 0.1) is 15.9 Å². The maximum atomic E-state index is 4.59. The van der Waals surface area contributed by atoms with Gasteiger partial charge in [0, 0.05) is 24.8 Å². The minimum absolute atomic E-state index is 0.514. The van der Waals surface area contributed by atoms with Crippen molar-refractivity contribution in [3.05, 3.63) is 15.9 Å². The molecule has 1 aromatic rings. The fraction of sp³-hybridized carbons (Fsp3) is 0.800. The molecule has 0 aliphatic carbocycles. The van der Waals surface area contributed by atoms with Crippen molar-refractivity contribution >= 4 is 27.7 Å². The summed E-state index contributed by atoms with van der Waals surface area (Å²) in [6.45, 7) is 13.0. The molecule has 3 nitrogen and oxygen atoms in total. The van der Waals surface area contributed by atoms with Crippen molar-refractivity contribution in [1.82, 2.24) is 15.1 Å². The van der Waals surface area contributed by atoms with Gasteiger partial charge in [-0.3, -0.25) is 4.68 Å². The number of nitrogens with one attached hydrogen (secondary N) is 1. The highest BCUT2D eigenvalue weighted by Gasteiger charge is 2.17. The minimum Gasteiger partial charge on any atom is -0.313 e. The van der Waals surface area contributed by atoms with Crippen molar-refractivity contribution in [1.29, 1.82) is 0 Å². The minimum atomic E-state index is 0.514. The van der Waals surface area contributed by atoms with Gasteiger partial charge in [-0.15, -0.1) is 0 Å². The van der Waals surface area contributed by atoms with Crippen LogP contribution in [0.1, 0.15) is 45.5 Å². The number of hydrogen-bond acceptors (Lipinski definition) is 3. The molecular weight excluding hydrogens is 334 g/mol. The number of aromatic nitrogens is 2. The topological polar surface area (TPSA) is 29.9 Å². The molecule has 0 bridgehead atoms. The van der Waals surface area contributed by atoms with Gasteiger partial charge < -0.3 is 5.32 Å². The first-order valence-corrected chi connectivity index (χ1v) is 9.40. The summed E-state index contributed by atoms with van der Waals surface area (Å²) in [5, 5.41) is 8.95. The van der Waals surface area contributed by atoms with Crippen LogP contribution >= 0.6 is 27.7 Å². The van der Waals surface area contributed by atoms with E-state index in [0.717, 1.165) is 31.0 Å². The lowest BCUT2D eigenvalue weighted by Gasteiger charge is -2.20. The van der Waals surface area contributed by atoms with Gasteiger partial charge in [0.25, 0.3) is 0 Å². The van der Waals surface area contributed by atoms with E-state index in [-0.39, 0.29) is 0 Å². The molecule has 0 saturated carbocycles. The van der Waals surface area contributed by atoms with Crippen molar-refractivity contribution in [3.63, 3.8) is 0 Å². The van der Waals surface area contributed by atoms with Gasteiger partial charge in [0.1, 0.15) is 0 Å². The van der Waals surface area contributed by atoms with E-state index in [0.29, 0.717) is 11.3 Å². The molecule has 1 N–H and O–H groups in total. The summed E-state index contributed by atoms with van der Waals surface area (Å²) in [7, 11) is 0. The number of aryl methyl sites for hydroxylation is 2. The normalized spacial score (nSPS) is 13.2. The van der Waals surface area contributed by atoms with Crippen LogP contribution in [0.15, 0.2) is 4.47 Å². The lowest BCUT2D eigenvalue weighted by Crippen LogP contribution is -2.35. The van der Waals surface area contributed by atoms with E-state index >= 15 is 0 Å². The summed E-state index contributed by atoms with van der Waals surface area (Å²) >= 11 is 5.73. The van der Waals surface area contributed by atoms with E-state index in [9.17, 15) is 0 Å². The van der Waals surface area contributed by atoms with Gasteiger partial charge in [0.15, 0.2) is 0 Å². The fourth-order valence-corrected chi connectivity index (χ4v) is 3.44. The molecular formula is C15H28BrN3S. The van der Waals surface area contributed by atoms with Gasteiger partial charge in [-0.1, -0.05) is 20.8 Å². The monoisotopic (exact) mass is 361 g/mol. The first-order valence-electron chi connectivity index (χ1n) is 7.56. The third kappa shape index (κ3) is 5.41. The van der Waals surface area contributed by atoms with Crippen LogP contribution in [0.2, 0.25) is 0 Å². The van der Waals surface area contributed by atoms with Crippen molar-refractivity contribution < 1.29 is 0 Å². The molecule has 1 aromatic heterocycles. The van der Waals surface area contributed by atoms with E-state index in [2.05, 4.69) is 65.6 Å². The largest absolute Gasteiger partial charge is 0.313 e. The molecule has 0 saturated heterocycles. The van der Waals surface area contributed by atoms with Crippen LogP contribution in [0.4, 0.5) is 0 Å². The van der Waals surface area contributed by atoms with Crippen molar-refractivity contribution in [2.45, 2.75) is 65.3 Å². The Morgan fingerprint density at radius 2 is 2.05 bits per heavy atom. The zero-order valence-corrected chi connectivity index (χ0v) is 15.8. The Morgan fingerprint density at radius 3 is 2.60 bits per heavy atom. The van der Waals surface area contributed by atoms with Crippen LogP contribution in [0.25, 0.3) is 0 Å². The molecule has 0 radical (unpaired) electrons. The van der Waals surface area contributed by atoms with Crippen LogP contribution < -0.4 is 5.32 Å². The summed E-state index contributed by atoms with van der Waals surface area (Å²) in [6, 6.07) is 0.514. The fourth-order valence-electron chi connectivity index (χ4n) is 2.14. The summed E-state index contributed by atoms with van der Waals surface area (Å²) in [4.78, 5) is 0. The third-order valence-electron chi connectivity index (χ3n) is 3.21. The van der Waals surface area contributed by atoms with Crippen molar-refractivity contribution in [3.8, 4) is 0 Å². The molecule has 1 heterocycles. The average molecular weight is 362 g/mol. The molecule has 5 heteroatoms. The highest BCUT2D eigenvalue weighted by molar-refractivity contribution is 9.10. The van der Waals surface area contributed by atoms with Gasteiger partial charge in [-0.25, -0.2) is 0 Å². The summed E-state index contributed by atoms with van der Waals surface area (Å²) in [5.41, 5.74) is 2.41. The molecule has 0 aliphatic heterocycles. The van der Waals surface area contributed by atoms with Crippen molar-refractivity contribution in [2.75, 3.05) is 12.3 Å². The van der Waals surface area contributed by atoms with E-state index in [4.69, 9.17) is 0 Å².